The lowest BCUT2D eigenvalue weighted by Gasteiger charge is -2.23. The third-order valence-electron chi connectivity index (χ3n) is 1.56. The van der Waals surface area contributed by atoms with Crippen LogP contribution >= 0.6 is 11.8 Å². The number of carboxylic acid groups (broad SMARTS) is 1. The molecule has 0 aromatic rings. The SMILES string of the molecule is CC1(C)SCN[C@H]1OC(=O)O. The summed E-state index contributed by atoms with van der Waals surface area (Å²) in [6.45, 7) is 3.90. The van der Waals surface area contributed by atoms with Crippen LogP contribution in [0.15, 0.2) is 0 Å². The molecule has 1 heterocycles. The summed E-state index contributed by atoms with van der Waals surface area (Å²) < 4.78 is 4.46. The van der Waals surface area contributed by atoms with Crippen LogP contribution < -0.4 is 5.32 Å². The van der Waals surface area contributed by atoms with Crippen LogP contribution in [0.25, 0.3) is 0 Å². The molecule has 2 N–H and O–H groups in total. The van der Waals surface area contributed by atoms with E-state index in [1.165, 1.54) is 0 Å². The highest BCUT2D eigenvalue weighted by molar-refractivity contribution is 8.00. The Balaban J connectivity index is 2.51. The van der Waals surface area contributed by atoms with E-state index in [1.54, 1.807) is 11.8 Å². The Morgan fingerprint density at radius 2 is 2.45 bits per heavy atom. The first kappa shape index (κ1) is 8.67. The van der Waals surface area contributed by atoms with Crippen LogP contribution in [-0.4, -0.2) is 28.1 Å². The standard InChI is InChI=1S/C6H11NO3S/c1-6(2)4(7-3-11-6)10-5(8)9/h4,7H,3H2,1-2H3,(H,8,9)/t4-/m0/s1. The first-order valence-corrected chi connectivity index (χ1v) is 4.28. The summed E-state index contributed by atoms with van der Waals surface area (Å²) in [7, 11) is 0. The summed E-state index contributed by atoms with van der Waals surface area (Å²) in [6, 6.07) is 0. The Labute approximate surface area is 69.3 Å². The molecule has 0 amide bonds. The molecule has 0 aromatic carbocycles. The van der Waals surface area contributed by atoms with Gasteiger partial charge >= 0.3 is 6.16 Å². The van der Waals surface area contributed by atoms with E-state index < -0.39 is 6.16 Å². The van der Waals surface area contributed by atoms with Gasteiger partial charge < -0.3 is 9.84 Å². The van der Waals surface area contributed by atoms with E-state index in [4.69, 9.17) is 5.11 Å². The molecule has 0 bridgehead atoms. The van der Waals surface area contributed by atoms with Crippen molar-refractivity contribution in [2.45, 2.75) is 24.8 Å². The molecule has 0 aliphatic carbocycles. The zero-order valence-corrected chi connectivity index (χ0v) is 7.27. The third kappa shape index (κ3) is 2.00. The number of rotatable bonds is 1. The highest BCUT2D eigenvalue weighted by atomic mass is 32.2. The molecule has 1 rings (SSSR count). The van der Waals surface area contributed by atoms with Gasteiger partial charge in [0.1, 0.15) is 0 Å². The molecule has 0 unspecified atom stereocenters. The molecule has 4 nitrogen and oxygen atoms in total. The van der Waals surface area contributed by atoms with Gasteiger partial charge in [-0.3, -0.25) is 5.32 Å². The normalized spacial score (nSPS) is 28.4. The maximum absolute atomic E-state index is 10.2. The highest BCUT2D eigenvalue weighted by Gasteiger charge is 2.38. The molecule has 64 valence electrons. The van der Waals surface area contributed by atoms with Gasteiger partial charge in [0.15, 0.2) is 6.23 Å². The fourth-order valence-electron chi connectivity index (χ4n) is 0.909. The van der Waals surface area contributed by atoms with Gasteiger partial charge in [0, 0.05) is 5.88 Å². The van der Waals surface area contributed by atoms with E-state index >= 15 is 0 Å². The van der Waals surface area contributed by atoms with Crippen LogP contribution in [0, 0.1) is 0 Å². The largest absolute Gasteiger partial charge is 0.507 e. The summed E-state index contributed by atoms with van der Waals surface area (Å²) in [6.07, 6.45) is -1.61. The fourth-order valence-corrected chi connectivity index (χ4v) is 1.80. The summed E-state index contributed by atoms with van der Waals surface area (Å²) >= 11 is 1.65. The molecule has 1 aliphatic heterocycles. The maximum Gasteiger partial charge on any atom is 0.507 e. The van der Waals surface area contributed by atoms with Crippen LogP contribution in [-0.2, 0) is 4.74 Å². The van der Waals surface area contributed by atoms with Crippen molar-refractivity contribution in [3.63, 3.8) is 0 Å². The number of hydrogen-bond donors (Lipinski definition) is 2. The Hall–Kier alpha value is -0.420. The van der Waals surface area contributed by atoms with Crippen LogP contribution in [0.3, 0.4) is 0 Å². The van der Waals surface area contributed by atoms with E-state index in [-0.39, 0.29) is 11.0 Å². The molecule has 0 aromatic heterocycles. The van der Waals surface area contributed by atoms with Crippen molar-refractivity contribution in [1.82, 2.24) is 5.32 Å². The van der Waals surface area contributed by atoms with Gasteiger partial charge in [-0.05, 0) is 13.8 Å². The molecule has 1 saturated heterocycles. The van der Waals surface area contributed by atoms with E-state index in [0.29, 0.717) is 0 Å². The van der Waals surface area contributed by atoms with Crippen molar-refractivity contribution >= 4 is 17.9 Å². The van der Waals surface area contributed by atoms with Gasteiger partial charge in [-0.25, -0.2) is 4.79 Å². The molecular formula is C6H11NO3S. The van der Waals surface area contributed by atoms with E-state index in [1.807, 2.05) is 13.8 Å². The lowest BCUT2D eigenvalue weighted by molar-refractivity contribution is 0.0305. The lowest BCUT2D eigenvalue weighted by Crippen LogP contribution is -2.40. The van der Waals surface area contributed by atoms with Crippen molar-refractivity contribution < 1.29 is 14.6 Å². The molecule has 0 spiro atoms. The molecular weight excluding hydrogens is 166 g/mol. The smallest absolute Gasteiger partial charge is 0.450 e. The Bertz CT molecular complexity index is 171. The van der Waals surface area contributed by atoms with Crippen LogP contribution in [0.2, 0.25) is 0 Å². The quantitative estimate of drug-likeness (QED) is 0.587. The molecule has 11 heavy (non-hydrogen) atoms. The van der Waals surface area contributed by atoms with Crippen molar-refractivity contribution in [3.05, 3.63) is 0 Å². The molecule has 5 heteroatoms. The predicted octanol–water partition coefficient (Wildman–Crippen LogP) is 1.08. The van der Waals surface area contributed by atoms with Crippen LogP contribution in [0.1, 0.15) is 13.8 Å². The van der Waals surface area contributed by atoms with Crippen molar-refractivity contribution in [2.24, 2.45) is 0 Å². The van der Waals surface area contributed by atoms with Gasteiger partial charge in [0.2, 0.25) is 0 Å². The van der Waals surface area contributed by atoms with Gasteiger partial charge in [-0.1, -0.05) is 0 Å². The summed E-state index contributed by atoms with van der Waals surface area (Å²) in [4.78, 5) is 10.2. The van der Waals surface area contributed by atoms with Crippen LogP contribution in [0.5, 0.6) is 0 Å². The fraction of sp³-hybridized carbons (Fsp3) is 0.833. The Morgan fingerprint density at radius 3 is 2.82 bits per heavy atom. The minimum Gasteiger partial charge on any atom is -0.450 e. The molecule has 0 saturated carbocycles. The average Bonchev–Trinajstić information content (AvgIpc) is 2.10. The zero-order chi connectivity index (χ0) is 8.48. The zero-order valence-electron chi connectivity index (χ0n) is 6.46. The van der Waals surface area contributed by atoms with E-state index in [2.05, 4.69) is 10.1 Å². The van der Waals surface area contributed by atoms with Crippen molar-refractivity contribution in [2.75, 3.05) is 5.88 Å². The second-order valence-electron chi connectivity index (χ2n) is 2.86. The van der Waals surface area contributed by atoms with Gasteiger partial charge in [-0.2, -0.15) is 0 Å². The average molecular weight is 177 g/mol. The molecule has 1 fully saturated rings. The number of thioether (sulfide) groups is 1. The van der Waals surface area contributed by atoms with Gasteiger partial charge in [-0.15, -0.1) is 11.8 Å². The maximum atomic E-state index is 10.2. The molecule has 0 radical (unpaired) electrons. The number of carbonyl (C=O) groups is 1. The van der Waals surface area contributed by atoms with E-state index in [9.17, 15) is 4.79 Å². The Morgan fingerprint density at radius 1 is 1.82 bits per heavy atom. The summed E-state index contributed by atoms with van der Waals surface area (Å²) in [5.41, 5.74) is 0. The van der Waals surface area contributed by atoms with Gasteiger partial charge in [0.25, 0.3) is 0 Å². The number of ether oxygens (including phenoxy) is 1. The first-order valence-electron chi connectivity index (χ1n) is 3.29. The number of hydrogen-bond acceptors (Lipinski definition) is 4. The number of nitrogens with one attached hydrogen (secondary N) is 1. The second-order valence-corrected chi connectivity index (χ2v) is 4.49. The summed E-state index contributed by atoms with van der Waals surface area (Å²) in [5.74, 6) is 0.741. The predicted molar refractivity (Wildman–Crippen MR) is 42.6 cm³/mol. The third-order valence-corrected chi connectivity index (χ3v) is 2.83. The summed E-state index contributed by atoms with van der Waals surface area (Å²) in [5, 5.41) is 11.3. The van der Waals surface area contributed by atoms with Crippen LogP contribution in [0.4, 0.5) is 4.79 Å². The van der Waals surface area contributed by atoms with Crippen molar-refractivity contribution in [3.8, 4) is 0 Å². The lowest BCUT2D eigenvalue weighted by atomic mass is 10.2. The molecule has 1 aliphatic rings. The van der Waals surface area contributed by atoms with E-state index in [0.717, 1.165) is 5.88 Å². The Kier molecular flexibility index (Phi) is 2.29. The van der Waals surface area contributed by atoms with Gasteiger partial charge in [0.05, 0.1) is 4.75 Å². The minimum absolute atomic E-state index is 0.154. The molecule has 1 atom stereocenters. The monoisotopic (exact) mass is 177 g/mol. The minimum atomic E-state index is -1.22. The second kappa shape index (κ2) is 2.91. The highest BCUT2D eigenvalue weighted by Crippen LogP contribution is 2.33. The first-order chi connectivity index (χ1) is 5.02. The van der Waals surface area contributed by atoms with Crippen molar-refractivity contribution in [1.29, 1.82) is 0 Å². The topological polar surface area (TPSA) is 58.6 Å².